The maximum atomic E-state index is 8.69. The topological polar surface area (TPSA) is 56.4 Å². The average molecular weight is 260 g/mol. The molecule has 19 heavy (non-hydrogen) atoms. The molecule has 0 N–H and O–H groups in total. The van der Waals surface area contributed by atoms with E-state index < -0.39 is 0 Å². The molecule has 0 fully saturated rings. The van der Waals surface area contributed by atoms with Crippen LogP contribution in [0.15, 0.2) is 18.3 Å². The minimum atomic E-state index is 0.459. The van der Waals surface area contributed by atoms with Gasteiger partial charge in [0.05, 0.1) is 39.3 Å². The summed E-state index contributed by atoms with van der Waals surface area (Å²) in [6.07, 6.45) is 2.39. The highest BCUT2D eigenvalue weighted by Gasteiger charge is 2.17. The predicted molar refractivity (Wildman–Crippen MR) is 71.8 cm³/mol. The summed E-state index contributed by atoms with van der Waals surface area (Å²) in [4.78, 5) is 0. The number of rotatable bonds is 5. The van der Waals surface area contributed by atoms with Crippen molar-refractivity contribution in [3.05, 3.63) is 18.3 Å². The first-order chi connectivity index (χ1) is 9.26. The van der Waals surface area contributed by atoms with Crippen molar-refractivity contribution in [1.29, 1.82) is 5.26 Å². The van der Waals surface area contributed by atoms with Crippen LogP contribution in [0.5, 0.6) is 17.2 Å². The lowest BCUT2D eigenvalue weighted by Crippen LogP contribution is -1.98. The van der Waals surface area contributed by atoms with Gasteiger partial charge in [0.2, 0.25) is 5.75 Å². The molecule has 0 aliphatic heterocycles. The van der Waals surface area contributed by atoms with E-state index in [0.29, 0.717) is 30.2 Å². The van der Waals surface area contributed by atoms with Crippen LogP contribution in [-0.2, 0) is 6.54 Å². The van der Waals surface area contributed by atoms with Crippen molar-refractivity contribution in [2.24, 2.45) is 0 Å². The van der Waals surface area contributed by atoms with Crippen LogP contribution < -0.4 is 14.2 Å². The fourth-order valence-electron chi connectivity index (χ4n) is 2.17. The number of benzene rings is 1. The summed E-state index contributed by atoms with van der Waals surface area (Å²) in [5.41, 5.74) is 0.963. The van der Waals surface area contributed by atoms with Crippen LogP contribution >= 0.6 is 0 Å². The summed E-state index contributed by atoms with van der Waals surface area (Å²) in [6, 6.07) is 5.99. The minimum absolute atomic E-state index is 0.459. The fraction of sp³-hybridized carbons (Fsp3) is 0.357. The summed E-state index contributed by atoms with van der Waals surface area (Å²) < 4.78 is 18.1. The summed E-state index contributed by atoms with van der Waals surface area (Å²) >= 11 is 0. The zero-order valence-corrected chi connectivity index (χ0v) is 11.3. The number of aromatic nitrogens is 1. The Balaban J connectivity index is 2.65. The van der Waals surface area contributed by atoms with Gasteiger partial charge in [-0.1, -0.05) is 0 Å². The van der Waals surface area contributed by atoms with E-state index >= 15 is 0 Å². The fourth-order valence-corrected chi connectivity index (χ4v) is 2.17. The molecule has 1 aromatic heterocycles. The lowest BCUT2D eigenvalue weighted by atomic mass is 10.2. The molecule has 0 unspecified atom stereocenters. The molecule has 0 aliphatic carbocycles. The normalized spacial score (nSPS) is 10.2. The molecular formula is C14H16N2O3. The van der Waals surface area contributed by atoms with Crippen LogP contribution in [0.1, 0.15) is 6.42 Å². The summed E-state index contributed by atoms with van der Waals surface area (Å²) in [7, 11) is 4.77. The van der Waals surface area contributed by atoms with Crippen molar-refractivity contribution in [2.45, 2.75) is 13.0 Å². The van der Waals surface area contributed by atoms with E-state index in [0.717, 1.165) is 10.9 Å². The average Bonchev–Trinajstić information content (AvgIpc) is 2.85. The van der Waals surface area contributed by atoms with Gasteiger partial charge >= 0.3 is 0 Å². The number of hydrogen-bond acceptors (Lipinski definition) is 4. The Morgan fingerprint density at radius 2 is 1.89 bits per heavy atom. The monoisotopic (exact) mass is 260 g/mol. The number of ether oxygens (including phenoxy) is 3. The molecule has 0 amide bonds. The SMILES string of the molecule is COc1cc2c(ccn2CCC#N)c(OC)c1OC. The maximum Gasteiger partial charge on any atom is 0.204 e. The van der Waals surface area contributed by atoms with E-state index in [1.807, 2.05) is 22.9 Å². The predicted octanol–water partition coefficient (Wildman–Crippen LogP) is 2.58. The van der Waals surface area contributed by atoms with Crippen molar-refractivity contribution < 1.29 is 14.2 Å². The molecule has 2 rings (SSSR count). The standard InChI is InChI=1S/C14H16N2O3/c1-17-12-9-11-10(13(18-2)14(12)19-3)5-8-16(11)7-4-6-15/h5,8-9H,4,7H2,1-3H3. The van der Waals surface area contributed by atoms with E-state index in [2.05, 4.69) is 6.07 Å². The Labute approximate surface area is 111 Å². The highest BCUT2D eigenvalue weighted by molar-refractivity contribution is 5.91. The third-order valence-electron chi connectivity index (χ3n) is 3.04. The second-order valence-electron chi connectivity index (χ2n) is 4.00. The number of nitriles is 1. The smallest absolute Gasteiger partial charge is 0.204 e. The van der Waals surface area contributed by atoms with Crippen molar-refractivity contribution in [1.82, 2.24) is 4.57 Å². The molecular weight excluding hydrogens is 244 g/mol. The van der Waals surface area contributed by atoms with E-state index in [1.54, 1.807) is 21.3 Å². The van der Waals surface area contributed by atoms with Gasteiger partial charge in [-0.25, -0.2) is 0 Å². The van der Waals surface area contributed by atoms with Gasteiger partial charge in [-0.3, -0.25) is 0 Å². The summed E-state index contributed by atoms with van der Waals surface area (Å²) in [5, 5.41) is 9.63. The van der Waals surface area contributed by atoms with Crippen molar-refractivity contribution in [2.75, 3.05) is 21.3 Å². The molecule has 0 aliphatic rings. The Kier molecular flexibility index (Phi) is 3.81. The minimum Gasteiger partial charge on any atom is -0.493 e. The van der Waals surface area contributed by atoms with Crippen LogP contribution in [0.3, 0.4) is 0 Å². The Morgan fingerprint density at radius 3 is 2.47 bits per heavy atom. The van der Waals surface area contributed by atoms with E-state index in [1.165, 1.54) is 0 Å². The second kappa shape index (κ2) is 5.53. The third kappa shape index (κ3) is 2.17. The Hall–Kier alpha value is -2.35. The van der Waals surface area contributed by atoms with Gasteiger partial charge in [0.25, 0.3) is 0 Å². The molecule has 5 nitrogen and oxygen atoms in total. The zero-order valence-electron chi connectivity index (χ0n) is 11.3. The molecule has 0 bridgehead atoms. The van der Waals surface area contributed by atoms with E-state index in [4.69, 9.17) is 19.5 Å². The van der Waals surface area contributed by atoms with Gasteiger partial charge in [0.15, 0.2) is 11.5 Å². The van der Waals surface area contributed by atoms with Crippen LogP contribution in [0.2, 0.25) is 0 Å². The lowest BCUT2D eigenvalue weighted by molar-refractivity contribution is 0.327. The van der Waals surface area contributed by atoms with Gasteiger partial charge in [-0.05, 0) is 6.07 Å². The molecule has 1 heterocycles. The third-order valence-corrected chi connectivity index (χ3v) is 3.04. The number of fused-ring (bicyclic) bond motifs is 1. The van der Waals surface area contributed by atoms with Crippen LogP contribution in [0.25, 0.3) is 10.9 Å². The quantitative estimate of drug-likeness (QED) is 0.829. The summed E-state index contributed by atoms with van der Waals surface area (Å²) in [6.45, 7) is 0.638. The molecule has 0 saturated carbocycles. The molecule has 0 spiro atoms. The van der Waals surface area contributed by atoms with Crippen LogP contribution in [0.4, 0.5) is 0 Å². The van der Waals surface area contributed by atoms with E-state index in [-0.39, 0.29) is 0 Å². The number of aryl methyl sites for hydroxylation is 1. The number of nitrogens with zero attached hydrogens (tertiary/aromatic N) is 2. The summed E-state index contributed by atoms with van der Waals surface area (Å²) in [5.74, 6) is 1.84. The first kappa shape index (κ1) is 13.1. The number of hydrogen-bond donors (Lipinski definition) is 0. The molecule has 100 valence electrons. The number of methoxy groups -OCH3 is 3. The molecule has 2 aromatic rings. The highest BCUT2D eigenvalue weighted by atomic mass is 16.5. The van der Waals surface area contributed by atoms with Gasteiger partial charge in [-0.15, -0.1) is 0 Å². The van der Waals surface area contributed by atoms with Gasteiger partial charge in [0, 0.05) is 24.2 Å². The van der Waals surface area contributed by atoms with Gasteiger partial charge < -0.3 is 18.8 Å². The molecule has 1 aromatic carbocycles. The van der Waals surface area contributed by atoms with Gasteiger partial charge in [0.1, 0.15) is 0 Å². The highest BCUT2D eigenvalue weighted by Crippen LogP contribution is 2.43. The molecule has 0 radical (unpaired) electrons. The van der Waals surface area contributed by atoms with Crippen molar-refractivity contribution in [3.63, 3.8) is 0 Å². The Bertz CT molecular complexity index is 626. The Morgan fingerprint density at radius 1 is 1.16 bits per heavy atom. The largest absolute Gasteiger partial charge is 0.493 e. The van der Waals surface area contributed by atoms with Crippen molar-refractivity contribution in [3.8, 4) is 23.3 Å². The first-order valence-electron chi connectivity index (χ1n) is 5.91. The zero-order chi connectivity index (χ0) is 13.8. The van der Waals surface area contributed by atoms with E-state index in [9.17, 15) is 0 Å². The van der Waals surface area contributed by atoms with Crippen LogP contribution in [0, 0.1) is 11.3 Å². The van der Waals surface area contributed by atoms with Gasteiger partial charge in [-0.2, -0.15) is 5.26 Å². The lowest BCUT2D eigenvalue weighted by Gasteiger charge is -2.14. The second-order valence-corrected chi connectivity index (χ2v) is 4.00. The molecule has 0 atom stereocenters. The first-order valence-corrected chi connectivity index (χ1v) is 5.91. The molecule has 5 heteroatoms. The van der Waals surface area contributed by atoms with Crippen molar-refractivity contribution >= 4 is 10.9 Å². The maximum absolute atomic E-state index is 8.69. The molecule has 0 saturated heterocycles. The van der Waals surface area contributed by atoms with Crippen LogP contribution in [-0.4, -0.2) is 25.9 Å².